The minimum atomic E-state index is -0.581. The molecule has 0 saturated heterocycles. The van der Waals surface area contributed by atoms with Crippen molar-refractivity contribution >= 4 is 33.1 Å². The van der Waals surface area contributed by atoms with Crippen LogP contribution in [0.3, 0.4) is 0 Å². The first kappa shape index (κ1) is 22.0. The Morgan fingerprint density at radius 3 is 1.95 bits per heavy atom. The highest BCUT2D eigenvalue weighted by Crippen LogP contribution is 2.59. The van der Waals surface area contributed by atoms with E-state index in [0.29, 0.717) is 0 Å². The van der Waals surface area contributed by atoms with Crippen LogP contribution in [0.1, 0.15) is 22.5 Å². The third-order valence-electron chi connectivity index (χ3n) is 8.11. The van der Waals surface area contributed by atoms with Gasteiger partial charge in [-0.25, -0.2) is 0 Å². The maximum Gasteiger partial charge on any atom is 0.135 e. The van der Waals surface area contributed by atoms with E-state index < -0.39 is 5.41 Å². The summed E-state index contributed by atoms with van der Waals surface area (Å²) in [6.45, 7) is 0. The third-order valence-corrected chi connectivity index (χ3v) is 8.11. The van der Waals surface area contributed by atoms with Crippen LogP contribution in [-0.4, -0.2) is 0 Å². The van der Waals surface area contributed by atoms with Gasteiger partial charge in [0.2, 0.25) is 0 Å². The summed E-state index contributed by atoms with van der Waals surface area (Å²) in [5.41, 5.74) is 8.50. The Labute approximate surface area is 227 Å². The maximum atomic E-state index is 6.81. The van der Waals surface area contributed by atoms with E-state index in [1.54, 1.807) is 0 Å². The van der Waals surface area contributed by atoms with E-state index in [2.05, 4.69) is 145 Å². The van der Waals surface area contributed by atoms with Crippen LogP contribution < -0.4 is 5.32 Å². The van der Waals surface area contributed by atoms with Gasteiger partial charge >= 0.3 is 0 Å². The number of anilines is 2. The Bertz CT molecular complexity index is 1940. The van der Waals surface area contributed by atoms with Crippen molar-refractivity contribution in [3.8, 4) is 11.1 Å². The highest BCUT2D eigenvalue weighted by Gasteiger charge is 2.50. The molecule has 0 fully saturated rings. The summed E-state index contributed by atoms with van der Waals surface area (Å²) in [7, 11) is 0. The van der Waals surface area contributed by atoms with Crippen LogP contribution >= 0.6 is 0 Å². The van der Waals surface area contributed by atoms with E-state index in [9.17, 15) is 0 Å². The summed E-state index contributed by atoms with van der Waals surface area (Å²) in [6, 6.07) is 51.6. The fraction of sp³-hybridized carbons (Fsp3) is 0.0270. The number of rotatable bonds is 4. The van der Waals surface area contributed by atoms with Gasteiger partial charge in [0.15, 0.2) is 0 Å². The highest BCUT2D eigenvalue weighted by atomic mass is 16.3. The van der Waals surface area contributed by atoms with Crippen molar-refractivity contribution in [2.24, 2.45) is 0 Å². The van der Waals surface area contributed by atoms with Crippen LogP contribution in [0.25, 0.3) is 32.9 Å². The Hall–Kier alpha value is -5.08. The SMILES string of the molecule is c1ccc(C2(c3ccccc3)c3cc(Nc4cccc5ccccc45)ccc3-c3c2oc2ccccc32)cc1. The maximum absolute atomic E-state index is 6.81. The number of furan rings is 1. The molecule has 2 heteroatoms. The highest BCUT2D eigenvalue weighted by molar-refractivity contribution is 6.03. The van der Waals surface area contributed by atoms with Crippen LogP contribution in [0, 0.1) is 0 Å². The largest absolute Gasteiger partial charge is 0.459 e. The predicted molar refractivity (Wildman–Crippen MR) is 161 cm³/mol. The van der Waals surface area contributed by atoms with Gasteiger partial charge in [0.05, 0.1) is 0 Å². The summed E-state index contributed by atoms with van der Waals surface area (Å²) < 4.78 is 6.81. The lowest BCUT2D eigenvalue weighted by atomic mass is 9.70. The number of hydrogen-bond donors (Lipinski definition) is 1. The van der Waals surface area contributed by atoms with Crippen LogP contribution in [-0.2, 0) is 5.41 Å². The first-order valence-corrected chi connectivity index (χ1v) is 13.4. The average molecular weight is 500 g/mol. The topological polar surface area (TPSA) is 25.2 Å². The van der Waals surface area contributed by atoms with E-state index >= 15 is 0 Å². The number of para-hydroxylation sites is 1. The second-order valence-corrected chi connectivity index (χ2v) is 10.2. The quantitative estimate of drug-likeness (QED) is 0.261. The normalized spacial score (nSPS) is 13.3. The summed E-state index contributed by atoms with van der Waals surface area (Å²) >= 11 is 0. The number of nitrogens with one attached hydrogen (secondary N) is 1. The molecule has 0 unspecified atom stereocenters. The molecular weight excluding hydrogens is 474 g/mol. The van der Waals surface area contributed by atoms with Gasteiger partial charge in [0.1, 0.15) is 16.8 Å². The van der Waals surface area contributed by atoms with Crippen molar-refractivity contribution < 1.29 is 4.42 Å². The van der Waals surface area contributed by atoms with E-state index in [-0.39, 0.29) is 0 Å². The molecular formula is C37H25NO. The number of hydrogen-bond acceptors (Lipinski definition) is 2. The van der Waals surface area contributed by atoms with Crippen LogP contribution in [0.5, 0.6) is 0 Å². The lowest BCUT2D eigenvalue weighted by Crippen LogP contribution is -2.28. The Kier molecular flexibility index (Phi) is 4.77. The smallest absolute Gasteiger partial charge is 0.135 e. The molecule has 1 aliphatic carbocycles. The van der Waals surface area contributed by atoms with E-state index in [1.807, 2.05) is 6.07 Å². The zero-order valence-corrected chi connectivity index (χ0v) is 21.3. The molecule has 6 aromatic carbocycles. The zero-order valence-electron chi connectivity index (χ0n) is 21.3. The molecule has 39 heavy (non-hydrogen) atoms. The average Bonchev–Trinajstić information content (AvgIpc) is 3.51. The van der Waals surface area contributed by atoms with Gasteiger partial charge in [0, 0.05) is 27.7 Å². The van der Waals surface area contributed by atoms with E-state index in [1.165, 1.54) is 38.6 Å². The van der Waals surface area contributed by atoms with Gasteiger partial charge < -0.3 is 9.73 Å². The molecule has 0 atom stereocenters. The molecule has 0 amide bonds. The summed E-state index contributed by atoms with van der Waals surface area (Å²) in [6.07, 6.45) is 0. The molecule has 184 valence electrons. The molecule has 2 nitrogen and oxygen atoms in total. The minimum absolute atomic E-state index is 0.581. The molecule has 0 bridgehead atoms. The Morgan fingerprint density at radius 2 is 1.18 bits per heavy atom. The van der Waals surface area contributed by atoms with Crippen molar-refractivity contribution in [1.82, 2.24) is 0 Å². The fourth-order valence-electron chi connectivity index (χ4n) is 6.46. The molecule has 0 saturated carbocycles. The zero-order chi connectivity index (χ0) is 25.8. The number of benzene rings is 6. The van der Waals surface area contributed by atoms with Gasteiger partial charge in [-0.3, -0.25) is 0 Å². The van der Waals surface area contributed by atoms with Crippen molar-refractivity contribution in [1.29, 1.82) is 0 Å². The summed E-state index contributed by atoms with van der Waals surface area (Å²) in [4.78, 5) is 0. The van der Waals surface area contributed by atoms with Crippen LogP contribution in [0.2, 0.25) is 0 Å². The first-order chi connectivity index (χ1) is 19.3. The fourth-order valence-corrected chi connectivity index (χ4v) is 6.46. The van der Waals surface area contributed by atoms with E-state index in [4.69, 9.17) is 4.42 Å². The Morgan fingerprint density at radius 1 is 0.538 bits per heavy atom. The Balaban J connectivity index is 1.43. The molecule has 1 aromatic heterocycles. The molecule has 7 aromatic rings. The van der Waals surface area contributed by atoms with Gasteiger partial charge in [0.25, 0.3) is 0 Å². The number of fused-ring (bicyclic) bond motifs is 6. The van der Waals surface area contributed by atoms with Crippen molar-refractivity contribution in [2.45, 2.75) is 5.41 Å². The first-order valence-electron chi connectivity index (χ1n) is 13.4. The standard InChI is InChI=1S/C37H25NO/c1-3-14-26(15-4-1)37(27-16-5-2-6-17-27)32-24-28(38-33-20-11-13-25-12-7-8-18-29(25)33)22-23-30(32)35-31-19-9-10-21-34(31)39-36(35)37/h1-24,38H. The monoisotopic (exact) mass is 499 g/mol. The molecule has 1 N–H and O–H groups in total. The molecule has 8 rings (SSSR count). The lowest BCUT2D eigenvalue weighted by Gasteiger charge is -2.32. The second kappa shape index (κ2) is 8.47. The predicted octanol–water partition coefficient (Wildman–Crippen LogP) is 9.69. The van der Waals surface area contributed by atoms with Crippen molar-refractivity contribution in [2.75, 3.05) is 5.32 Å². The van der Waals surface area contributed by atoms with Crippen LogP contribution in [0.4, 0.5) is 11.4 Å². The molecule has 1 heterocycles. The van der Waals surface area contributed by atoms with Crippen molar-refractivity contribution in [3.63, 3.8) is 0 Å². The summed E-state index contributed by atoms with van der Waals surface area (Å²) in [5, 5.41) is 7.32. The van der Waals surface area contributed by atoms with Gasteiger partial charge in [-0.15, -0.1) is 0 Å². The van der Waals surface area contributed by atoms with E-state index in [0.717, 1.165) is 28.1 Å². The van der Waals surface area contributed by atoms with Gasteiger partial charge in [-0.05, 0) is 51.9 Å². The van der Waals surface area contributed by atoms with Crippen LogP contribution in [0.15, 0.2) is 150 Å². The molecule has 0 spiro atoms. The second-order valence-electron chi connectivity index (χ2n) is 10.2. The lowest BCUT2D eigenvalue weighted by molar-refractivity contribution is 0.502. The summed E-state index contributed by atoms with van der Waals surface area (Å²) in [5.74, 6) is 0.985. The third kappa shape index (κ3) is 3.15. The van der Waals surface area contributed by atoms with Gasteiger partial charge in [-0.2, -0.15) is 0 Å². The molecule has 0 aliphatic heterocycles. The molecule has 1 aliphatic rings. The van der Waals surface area contributed by atoms with Crippen molar-refractivity contribution in [3.05, 3.63) is 168 Å². The minimum Gasteiger partial charge on any atom is -0.459 e. The molecule has 0 radical (unpaired) electrons. The van der Waals surface area contributed by atoms with Gasteiger partial charge in [-0.1, -0.05) is 121 Å².